The van der Waals surface area contributed by atoms with Crippen LogP contribution in [0.1, 0.15) is 37.6 Å². The lowest BCUT2D eigenvalue weighted by Gasteiger charge is -2.28. The van der Waals surface area contributed by atoms with Crippen molar-refractivity contribution in [2.24, 2.45) is 5.41 Å². The number of halogens is 1. The van der Waals surface area contributed by atoms with E-state index in [0.29, 0.717) is 36.8 Å². The van der Waals surface area contributed by atoms with Crippen LogP contribution in [0.5, 0.6) is 0 Å². The molecule has 0 unspecified atom stereocenters. The van der Waals surface area contributed by atoms with Crippen LogP contribution in [0.3, 0.4) is 0 Å². The zero-order valence-corrected chi connectivity index (χ0v) is 14.2. The molecule has 0 bridgehead atoms. The first kappa shape index (κ1) is 16.8. The Balaban J connectivity index is 2.02. The van der Waals surface area contributed by atoms with Gasteiger partial charge < -0.3 is 9.80 Å². The van der Waals surface area contributed by atoms with Gasteiger partial charge in [0.1, 0.15) is 0 Å². The van der Waals surface area contributed by atoms with Crippen LogP contribution in [0.15, 0.2) is 24.3 Å². The number of carbonyl (C=O) groups excluding carboxylic acids is 2. The van der Waals surface area contributed by atoms with E-state index in [4.69, 9.17) is 11.6 Å². The molecule has 0 radical (unpaired) electrons. The van der Waals surface area contributed by atoms with E-state index in [9.17, 15) is 9.59 Å². The Hall–Kier alpha value is -1.55. The van der Waals surface area contributed by atoms with Crippen molar-refractivity contribution in [3.8, 4) is 0 Å². The van der Waals surface area contributed by atoms with Crippen LogP contribution in [0.2, 0.25) is 5.02 Å². The second kappa shape index (κ2) is 6.69. The lowest BCUT2D eigenvalue weighted by molar-refractivity contribution is -0.139. The molecular weight excluding hydrogens is 300 g/mol. The minimum atomic E-state index is -0.380. The molecule has 120 valence electrons. The number of carbonyl (C=O) groups is 2. The maximum absolute atomic E-state index is 12.5. The Morgan fingerprint density at radius 1 is 0.955 bits per heavy atom. The van der Waals surface area contributed by atoms with E-state index in [1.54, 1.807) is 24.3 Å². The van der Waals surface area contributed by atoms with Crippen molar-refractivity contribution in [2.45, 2.75) is 27.2 Å². The fraction of sp³-hybridized carbons (Fsp3) is 0.529. The van der Waals surface area contributed by atoms with Gasteiger partial charge in [-0.05, 0) is 30.7 Å². The fourth-order valence-corrected chi connectivity index (χ4v) is 2.70. The van der Waals surface area contributed by atoms with Gasteiger partial charge in [0, 0.05) is 42.2 Å². The SMILES string of the molecule is CC(C)(C)C(=O)N1CCCN(C(=O)c2ccc(Cl)cc2)CC1. The molecule has 2 amide bonds. The van der Waals surface area contributed by atoms with Gasteiger partial charge in [-0.1, -0.05) is 32.4 Å². The van der Waals surface area contributed by atoms with E-state index in [1.807, 2.05) is 30.6 Å². The third-order valence-corrected chi connectivity index (χ3v) is 4.06. The van der Waals surface area contributed by atoms with Gasteiger partial charge in [0.25, 0.3) is 5.91 Å². The van der Waals surface area contributed by atoms with Gasteiger partial charge in [0.15, 0.2) is 0 Å². The molecule has 0 saturated carbocycles. The predicted octanol–water partition coefficient (Wildman–Crippen LogP) is 3.06. The van der Waals surface area contributed by atoms with Crippen molar-refractivity contribution in [2.75, 3.05) is 26.2 Å². The number of hydrogen-bond donors (Lipinski definition) is 0. The summed E-state index contributed by atoms with van der Waals surface area (Å²) < 4.78 is 0. The summed E-state index contributed by atoms with van der Waals surface area (Å²) in [4.78, 5) is 28.6. The molecule has 0 spiro atoms. The van der Waals surface area contributed by atoms with Gasteiger partial charge in [-0.15, -0.1) is 0 Å². The van der Waals surface area contributed by atoms with Crippen molar-refractivity contribution in [1.29, 1.82) is 0 Å². The zero-order chi connectivity index (χ0) is 16.3. The maximum atomic E-state index is 12.5. The minimum absolute atomic E-state index is 0.00160. The summed E-state index contributed by atoms with van der Waals surface area (Å²) in [5.41, 5.74) is 0.259. The maximum Gasteiger partial charge on any atom is 0.253 e. The molecular formula is C17H23ClN2O2. The number of rotatable bonds is 1. The average molecular weight is 323 g/mol. The molecule has 4 nitrogen and oxygen atoms in total. The quantitative estimate of drug-likeness (QED) is 0.797. The summed E-state index contributed by atoms with van der Waals surface area (Å²) in [5, 5.41) is 0.620. The highest BCUT2D eigenvalue weighted by Crippen LogP contribution is 2.19. The molecule has 2 rings (SSSR count). The molecule has 0 atom stereocenters. The molecule has 0 aliphatic carbocycles. The van der Waals surface area contributed by atoms with E-state index in [2.05, 4.69) is 0 Å². The lowest BCUT2D eigenvalue weighted by Crippen LogP contribution is -2.42. The standard InChI is InChI=1S/C17H23ClN2O2/c1-17(2,3)16(22)20-10-4-9-19(11-12-20)15(21)13-5-7-14(18)8-6-13/h5-8H,4,9-12H2,1-3H3. The normalized spacial score (nSPS) is 16.4. The second-order valence-corrected chi connectivity index (χ2v) is 7.13. The average Bonchev–Trinajstić information content (AvgIpc) is 2.71. The molecule has 1 aliphatic rings. The largest absolute Gasteiger partial charge is 0.340 e. The first-order valence-electron chi connectivity index (χ1n) is 7.63. The van der Waals surface area contributed by atoms with Crippen molar-refractivity contribution in [3.05, 3.63) is 34.9 Å². The van der Waals surface area contributed by atoms with E-state index in [1.165, 1.54) is 0 Å². The van der Waals surface area contributed by atoms with Crippen molar-refractivity contribution < 1.29 is 9.59 Å². The predicted molar refractivity (Wildman–Crippen MR) is 88.0 cm³/mol. The first-order chi connectivity index (χ1) is 10.3. The number of amides is 2. The van der Waals surface area contributed by atoms with Gasteiger partial charge in [-0.2, -0.15) is 0 Å². The van der Waals surface area contributed by atoms with Crippen LogP contribution >= 0.6 is 11.6 Å². The fourth-order valence-electron chi connectivity index (χ4n) is 2.57. The monoisotopic (exact) mass is 322 g/mol. The van der Waals surface area contributed by atoms with E-state index in [-0.39, 0.29) is 17.2 Å². The van der Waals surface area contributed by atoms with Crippen LogP contribution in [-0.2, 0) is 4.79 Å². The Morgan fingerprint density at radius 3 is 2.09 bits per heavy atom. The smallest absolute Gasteiger partial charge is 0.253 e. The Labute approximate surface area is 137 Å². The number of nitrogens with zero attached hydrogens (tertiary/aromatic N) is 2. The van der Waals surface area contributed by atoms with Gasteiger partial charge in [0.05, 0.1) is 0 Å². The number of benzene rings is 1. The molecule has 1 saturated heterocycles. The van der Waals surface area contributed by atoms with Gasteiger partial charge >= 0.3 is 0 Å². The highest BCUT2D eigenvalue weighted by Gasteiger charge is 2.29. The summed E-state index contributed by atoms with van der Waals surface area (Å²) in [7, 11) is 0. The molecule has 1 heterocycles. The summed E-state index contributed by atoms with van der Waals surface area (Å²) in [6.45, 7) is 8.33. The van der Waals surface area contributed by atoms with Crippen molar-refractivity contribution >= 4 is 23.4 Å². The van der Waals surface area contributed by atoms with Crippen molar-refractivity contribution in [1.82, 2.24) is 9.80 Å². The third kappa shape index (κ3) is 4.01. The van der Waals surface area contributed by atoms with Crippen molar-refractivity contribution in [3.63, 3.8) is 0 Å². The van der Waals surface area contributed by atoms with Gasteiger partial charge in [-0.25, -0.2) is 0 Å². The molecule has 5 heteroatoms. The summed E-state index contributed by atoms with van der Waals surface area (Å²) >= 11 is 5.86. The number of hydrogen-bond acceptors (Lipinski definition) is 2. The third-order valence-electron chi connectivity index (χ3n) is 3.80. The molecule has 0 aromatic heterocycles. The molecule has 22 heavy (non-hydrogen) atoms. The lowest BCUT2D eigenvalue weighted by atomic mass is 9.94. The molecule has 1 fully saturated rings. The zero-order valence-electron chi connectivity index (χ0n) is 13.4. The molecule has 1 aliphatic heterocycles. The topological polar surface area (TPSA) is 40.6 Å². The van der Waals surface area contributed by atoms with Crippen LogP contribution in [0.4, 0.5) is 0 Å². The minimum Gasteiger partial charge on any atom is -0.340 e. The summed E-state index contributed by atoms with van der Waals surface area (Å²) in [6.07, 6.45) is 0.807. The molecule has 0 N–H and O–H groups in total. The second-order valence-electron chi connectivity index (χ2n) is 6.69. The summed E-state index contributed by atoms with van der Waals surface area (Å²) in [5.74, 6) is 0.148. The highest BCUT2D eigenvalue weighted by atomic mass is 35.5. The molecule has 1 aromatic rings. The Bertz CT molecular complexity index is 549. The van der Waals surface area contributed by atoms with Crippen LogP contribution in [0.25, 0.3) is 0 Å². The highest BCUT2D eigenvalue weighted by molar-refractivity contribution is 6.30. The van der Waals surface area contributed by atoms with Crippen LogP contribution < -0.4 is 0 Å². The first-order valence-corrected chi connectivity index (χ1v) is 8.01. The van der Waals surface area contributed by atoms with E-state index < -0.39 is 0 Å². The van der Waals surface area contributed by atoms with Gasteiger partial charge in [0.2, 0.25) is 5.91 Å². The van der Waals surface area contributed by atoms with Crippen LogP contribution in [0, 0.1) is 5.41 Å². The Morgan fingerprint density at radius 2 is 1.50 bits per heavy atom. The van der Waals surface area contributed by atoms with Crippen LogP contribution in [-0.4, -0.2) is 47.8 Å². The Kier molecular flexibility index (Phi) is 5.12. The van der Waals surface area contributed by atoms with Gasteiger partial charge in [-0.3, -0.25) is 9.59 Å². The van der Waals surface area contributed by atoms with E-state index >= 15 is 0 Å². The molecule has 1 aromatic carbocycles. The van der Waals surface area contributed by atoms with E-state index in [0.717, 1.165) is 6.42 Å². The summed E-state index contributed by atoms with van der Waals surface area (Å²) in [6, 6.07) is 6.94.